The third-order valence-corrected chi connectivity index (χ3v) is 2.83. The van der Waals surface area contributed by atoms with Crippen LogP contribution in [0.3, 0.4) is 0 Å². The van der Waals surface area contributed by atoms with Crippen LogP contribution in [0.2, 0.25) is 0 Å². The summed E-state index contributed by atoms with van der Waals surface area (Å²) in [6.07, 6.45) is 0. The Hall–Kier alpha value is -0.870. The summed E-state index contributed by atoms with van der Waals surface area (Å²) >= 11 is 0. The lowest BCUT2D eigenvalue weighted by molar-refractivity contribution is 0.335. The largest absolute Gasteiger partial charge is 0.325 e. The molecule has 2 heterocycles. The Labute approximate surface area is 91.1 Å². The zero-order valence-corrected chi connectivity index (χ0v) is 9.82. The first-order chi connectivity index (χ1) is 7.11. The molecule has 0 bridgehead atoms. The van der Waals surface area contributed by atoms with Crippen LogP contribution in [-0.2, 0) is 26.2 Å². The Balaban J connectivity index is 2.32. The van der Waals surface area contributed by atoms with Crippen LogP contribution in [0.1, 0.15) is 30.8 Å². The van der Waals surface area contributed by atoms with Gasteiger partial charge in [-0.3, -0.25) is 9.58 Å². The Morgan fingerprint density at radius 1 is 1.40 bits per heavy atom. The van der Waals surface area contributed by atoms with Gasteiger partial charge in [-0.2, -0.15) is 5.10 Å². The van der Waals surface area contributed by atoms with Crippen molar-refractivity contribution in [1.82, 2.24) is 14.7 Å². The molecule has 2 rings (SSSR count). The van der Waals surface area contributed by atoms with Crippen molar-refractivity contribution in [2.24, 2.45) is 11.7 Å². The minimum absolute atomic E-state index is 0.557. The number of nitrogens with two attached hydrogens (primary N) is 1. The highest BCUT2D eigenvalue weighted by Gasteiger charge is 2.24. The van der Waals surface area contributed by atoms with Gasteiger partial charge in [-0.05, 0) is 13.0 Å². The predicted octanol–water partition coefficient (Wildman–Crippen LogP) is 0.943. The van der Waals surface area contributed by atoms with Gasteiger partial charge in [0.1, 0.15) is 0 Å². The summed E-state index contributed by atoms with van der Waals surface area (Å²) in [6.45, 7) is 8.00. The van der Waals surface area contributed by atoms with E-state index in [9.17, 15) is 0 Å². The molecule has 0 saturated heterocycles. The topological polar surface area (TPSA) is 47.1 Å². The average Bonchev–Trinajstić information content (AvgIpc) is 2.64. The van der Waals surface area contributed by atoms with Crippen molar-refractivity contribution in [3.05, 3.63) is 17.0 Å². The molecule has 2 N–H and O–H groups in total. The fourth-order valence-corrected chi connectivity index (χ4v) is 2.19. The van der Waals surface area contributed by atoms with Crippen molar-refractivity contribution in [2.75, 3.05) is 7.05 Å². The van der Waals surface area contributed by atoms with Crippen LogP contribution in [0, 0.1) is 5.92 Å². The van der Waals surface area contributed by atoms with Crippen molar-refractivity contribution in [2.45, 2.75) is 40.0 Å². The second-order valence-corrected chi connectivity index (χ2v) is 4.82. The van der Waals surface area contributed by atoms with Crippen LogP contribution in [0.15, 0.2) is 0 Å². The molecule has 0 unspecified atom stereocenters. The third kappa shape index (κ3) is 1.92. The Morgan fingerprint density at radius 2 is 2.13 bits per heavy atom. The first-order valence-corrected chi connectivity index (χ1v) is 5.57. The molecule has 0 saturated carbocycles. The van der Waals surface area contributed by atoms with Gasteiger partial charge in [-0.15, -0.1) is 0 Å². The molecule has 1 aromatic rings. The summed E-state index contributed by atoms with van der Waals surface area (Å²) in [5.74, 6) is 0.630. The first-order valence-electron chi connectivity index (χ1n) is 5.57. The van der Waals surface area contributed by atoms with Crippen LogP contribution in [0.4, 0.5) is 0 Å². The highest BCUT2D eigenvalue weighted by Crippen LogP contribution is 2.25. The van der Waals surface area contributed by atoms with E-state index >= 15 is 0 Å². The van der Waals surface area contributed by atoms with E-state index in [2.05, 4.69) is 35.6 Å². The van der Waals surface area contributed by atoms with Gasteiger partial charge in [-0.25, -0.2) is 0 Å². The smallest absolute Gasteiger partial charge is 0.0808 e. The second-order valence-electron chi connectivity index (χ2n) is 4.82. The molecule has 0 spiro atoms. The lowest BCUT2D eigenvalue weighted by Gasteiger charge is -2.10. The standard InChI is InChI=1S/C11H20N4/c1-8(2)5-15-11-7-14(3)6-9(11)10(4-12)13-15/h8H,4-7,12H2,1-3H3. The van der Waals surface area contributed by atoms with Gasteiger partial charge < -0.3 is 5.73 Å². The lowest BCUT2D eigenvalue weighted by Crippen LogP contribution is -2.15. The molecule has 0 fully saturated rings. The normalized spacial score (nSPS) is 16.3. The third-order valence-electron chi connectivity index (χ3n) is 2.83. The fourth-order valence-electron chi connectivity index (χ4n) is 2.19. The molecule has 0 aliphatic carbocycles. The SMILES string of the molecule is CC(C)Cn1nc(CN)c2c1CN(C)C2. The summed E-state index contributed by atoms with van der Waals surface area (Å²) in [5, 5.41) is 4.59. The van der Waals surface area contributed by atoms with Crippen LogP contribution in [-0.4, -0.2) is 21.7 Å². The highest BCUT2D eigenvalue weighted by molar-refractivity contribution is 5.29. The van der Waals surface area contributed by atoms with Crippen molar-refractivity contribution in [1.29, 1.82) is 0 Å². The average molecular weight is 208 g/mol. The Morgan fingerprint density at radius 3 is 2.73 bits per heavy atom. The van der Waals surface area contributed by atoms with E-state index in [1.807, 2.05) is 0 Å². The van der Waals surface area contributed by atoms with Gasteiger partial charge in [0.15, 0.2) is 0 Å². The van der Waals surface area contributed by atoms with Gasteiger partial charge >= 0.3 is 0 Å². The minimum atomic E-state index is 0.557. The zero-order chi connectivity index (χ0) is 11.0. The molecule has 1 aromatic heterocycles. The number of hydrogen-bond donors (Lipinski definition) is 1. The van der Waals surface area contributed by atoms with E-state index in [4.69, 9.17) is 5.73 Å². The summed E-state index contributed by atoms with van der Waals surface area (Å²) in [7, 11) is 2.14. The molecule has 1 aliphatic heterocycles. The van der Waals surface area contributed by atoms with Crippen LogP contribution in [0.5, 0.6) is 0 Å². The first kappa shape index (κ1) is 10.6. The highest BCUT2D eigenvalue weighted by atomic mass is 15.3. The van der Waals surface area contributed by atoms with Crippen molar-refractivity contribution in [3.8, 4) is 0 Å². The minimum Gasteiger partial charge on any atom is -0.325 e. The maximum Gasteiger partial charge on any atom is 0.0808 e. The van der Waals surface area contributed by atoms with Gasteiger partial charge in [0, 0.05) is 31.7 Å². The molecule has 84 valence electrons. The predicted molar refractivity (Wildman–Crippen MR) is 60.1 cm³/mol. The molecule has 0 aromatic carbocycles. The number of rotatable bonds is 3. The molecular formula is C11H20N4. The van der Waals surface area contributed by atoms with E-state index in [0.717, 1.165) is 25.3 Å². The monoisotopic (exact) mass is 208 g/mol. The van der Waals surface area contributed by atoms with Crippen LogP contribution in [0.25, 0.3) is 0 Å². The molecule has 0 atom stereocenters. The quantitative estimate of drug-likeness (QED) is 0.804. The summed E-state index contributed by atoms with van der Waals surface area (Å²) < 4.78 is 2.14. The molecule has 0 amide bonds. The lowest BCUT2D eigenvalue weighted by atomic mass is 10.2. The van der Waals surface area contributed by atoms with Gasteiger partial charge in [0.2, 0.25) is 0 Å². The summed E-state index contributed by atoms with van der Waals surface area (Å²) in [6, 6.07) is 0. The maximum absolute atomic E-state index is 5.72. The zero-order valence-electron chi connectivity index (χ0n) is 9.82. The summed E-state index contributed by atoms with van der Waals surface area (Å²) in [5.41, 5.74) is 9.53. The van der Waals surface area contributed by atoms with Gasteiger partial charge in [0.25, 0.3) is 0 Å². The maximum atomic E-state index is 5.72. The molecule has 15 heavy (non-hydrogen) atoms. The van der Waals surface area contributed by atoms with Crippen LogP contribution < -0.4 is 5.73 Å². The second kappa shape index (κ2) is 3.94. The van der Waals surface area contributed by atoms with E-state index < -0.39 is 0 Å². The Bertz CT molecular complexity index is 354. The number of nitrogens with zero attached hydrogens (tertiary/aromatic N) is 3. The number of aromatic nitrogens is 2. The van der Waals surface area contributed by atoms with Crippen molar-refractivity contribution < 1.29 is 0 Å². The number of fused-ring (bicyclic) bond motifs is 1. The molecular weight excluding hydrogens is 188 g/mol. The summed E-state index contributed by atoms with van der Waals surface area (Å²) in [4.78, 5) is 2.31. The Kier molecular flexibility index (Phi) is 2.80. The molecule has 0 radical (unpaired) electrons. The van der Waals surface area contributed by atoms with E-state index in [1.54, 1.807) is 0 Å². The van der Waals surface area contributed by atoms with Crippen molar-refractivity contribution in [3.63, 3.8) is 0 Å². The van der Waals surface area contributed by atoms with E-state index in [1.165, 1.54) is 11.3 Å². The van der Waals surface area contributed by atoms with Crippen molar-refractivity contribution >= 4 is 0 Å². The van der Waals surface area contributed by atoms with Gasteiger partial charge in [-0.1, -0.05) is 13.8 Å². The molecule has 1 aliphatic rings. The van der Waals surface area contributed by atoms with E-state index in [0.29, 0.717) is 12.5 Å². The number of hydrogen-bond acceptors (Lipinski definition) is 3. The molecule has 4 nitrogen and oxygen atoms in total. The van der Waals surface area contributed by atoms with E-state index in [-0.39, 0.29) is 0 Å². The fraction of sp³-hybridized carbons (Fsp3) is 0.727. The molecule has 4 heteroatoms. The van der Waals surface area contributed by atoms with Crippen LogP contribution >= 0.6 is 0 Å². The van der Waals surface area contributed by atoms with Gasteiger partial charge in [0.05, 0.1) is 11.4 Å².